The van der Waals surface area contributed by atoms with Gasteiger partial charge in [-0.05, 0) is 25.1 Å². The molecule has 1 heterocycles. The van der Waals surface area contributed by atoms with Crippen molar-refractivity contribution in [3.05, 3.63) is 28.2 Å². The fourth-order valence-corrected chi connectivity index (χ4v) is 2.39. The number of carbonyl (C=O) groups excluding carboxylic acids is 1. The Bertz CT molecular complexity index is 410. The van der Waals surface area contributed by atoms with E-state index in [0.29, 0.717) is 12.1 Å². The van der Waals surface area contributed by atoms with Crippen molar-refractivity contribution in [2.45, 2.75) is 12.4 Å². The third-order valence-electron chi connectivity index (χ3n) is 2.39. The zero-order chi connectivity index (χ0) is 11.0. The standard InChI is InChI=1S/C10H11BrN2OS/c1-2-13-9(14)7-5-6(11)3-4-8(7)12-10(13)15/h3-5,10,12,15H,2H2,1H3. The second-order valence-electron chi connectivity index (χ2n) is 3.30. The third kappa shape index (κ3) is 1.86. The first-order valence-electron chi connectivity index (χ1n) is 4.68. The maximum absolute atomic E-state index is 12.0. The maximum atomic E-state index is 12.0. The molecule has 1 amide bonds. The molecular formula is C10H11BrN2OS. The Morgan fingerprint density at radius 3 is 3.00 bits per heavy atom. The van der Waals surface area contributed by atoms with Gasteiger partial charge in [-0.15, -0.1) is 12.6 Å². The molecular weight excluding hydrogens is 276 g/mol. The average Bonchev–Trinajstić information content (AvgIpc) is 2.20. The van der Waals surface area contributed by atoms with Crippen LogP contribution in [0.3, 0.4) is 0 Å². The van der Waals surface area contributed by atoms with E-state index >= 15 is 0 Å². The van der Waals surface area contributed by atoms with Crippen LogP contribution < -0.4 is 5.32 Å². The Morgan fingerprint density at radius 2 is 2.33 bits per heavy atom. The summed E-state index contributed by atoms with van der Waals surface area (Å²) in [4.78, 5) is 13.7. The molecule has 0 saturated heterocycles. The van der Waals surface area contributed by atoms with Crippen molar-refractivity contribution in [3.63, 3.8) is 0 Å². The van der Waals surface area contributed by atoms with Crippen LogP contribution in [0.25, 0.3) is 0 Å². The smallest absolute Gasteiger partial charge is 0.258 e. The summed E-state index contributed by atoms with van der Waals surface area (Å²) in [5, 5.41) is 3.17. The van der Waals surface area contributed by atoms with E-state index in [-0.39, 0.29) is 11.4 Å². The molecule has 0 fully saturated rings. The summed E-state index contributed by atoms with van der Waals surface area (Å²) < 4.78 is 0.907. The van der Waals surface area contributed by atoms with Crippen molar-refractivity contribution in [3.8, 4) is 0 Å². The lowest BCUT2D eigenvalue weighted by Gasteiger charge is -2.34. The number of carbonyl (C=O) groups is 1. The highest BCUT2D eigenvalue weighted by Gasteiger charge is 2.28. The third-order valence-corrected chi connectivity index (χ3v) is 3.29. The minimum absolute atomic E-state index is 0.0209. The number of benzene rings is 1. The first-order chi connectivity index (χ1) is 7.13. The molecule has 1 aromatic carbocycles. The first kappa shape index (κ1) is 10.8. The van der Waals surface area contributed by atoms with Gasteiger partial charge < -0.3 is 10.2 Å². The van der Waals surface area contributed by atoms with E-state index in [9.17, 15) is 4.79 Å². The molecule has 1 aliphatic rings. The zero-order valence-corrected chi connectivity index (χ0v) is 10.7. The van der Waals surface area contributed by atoms with Gasteiger partial charge in [0.1, 0.15) is 5.50 Å². The van der Waals surface area contributed by atoms with Crippen LogP contribution in [0.5, 0.6) is 0 Å². The Kier molecular flexibility index (Phi) is 2.93. The monoisotopic (exact) mass is 286 g/mol. The van der Waals surface area contributed by atoms with Crippen LogP contribution in [0.15, 0.2) is 22.7 Å². The highest BCUT2D eigenvalue weighted by atomic mass is 79.9. The largest absolute Gasteiger partial charge is 0.356 e. The van der Waals surface area contributed by atoms with Crippen LogP contribution in [-0.2, 0) is 0 Å². The molecule has 1 aromatic rings. The van der Waals surface area contributed by atoms with Gasteiger partial charge >= 0.3 is 0 Å². The minimum Gasteiger partial charge on any atom is -0.356 e. The van der Waals surface area contributed by atoms with Crippen LogP contribution >= 0.6 is 28.6 Å². The second-order valence-corrected chi connectivity index (χ2v) is 4.70. The van der Waals surface area contributed by atoms with Gasteiger partial charge in [0.2, 0.25) is 0 Å². The van der Waals surface area contributed by atoms with Crippen molar-refractivity contribution < 1.29 is 4.79 Å². The number of nitrogens with one attached hydrogen (secondary N) is 1. The Hall–Kier alpha value is -0.680. The Labute approximate surface area is 102 Å². The summed E-state index contributed by atoms with van der Waals surface area (Å²) in [6, 6.07) is 5.61. The predicted octanol–water partition coefficient (Wildman–Crippen LogP) is 2.55. The van der Waals surface area contributed by atoms with Crippen LogP contribution in [0.2, 0.25) is 0 Å². The number of rotatable bonds is 1. The van der Waals surface area contributed by atoms with Crippen LogP contribution in [0.1, 0.15) is 17.3 Å². The van der Waals surface area contributed by atoms with Crippen molar-refractivity contribution in [1.82, 2.24) is 4.90 Å². The van der Waals surface area contributed by atoms with Crippen molar-refractivity contribution in [1.29, 1.82) is 0 Å². The van der Waals surface area contributed by atoms with Gasteiger partial charge in [-0.1, -0.05) is 15.9 Å². The van der Waals surface area contributed by atoms with Crippen molar-refractivity contribution in [2.75, 3.05) is 11.9 Å². The fraction of sp³-hybridized carbons (Fsp3) is 0.300. The summed E-state index contributed by atoms with van der Waals surface area (Å²) >= 11 is 7.69. The zero-order valence-electron chi connectivity index (χ0n) is 8.20. The fourth-order valence-electron chi connectivity index (χ4n) is 1.62. The van der Waals surface area contributed by atoms with Crippen molar-refractivity contribution in [2.24, 2.45) is 0 Å². The molecule has 0 saturated carbocycles. The molecule has 3 nitrogen and oxygen atoms in total. The molecule has 0 bridgehead atoms. The molecule has 0 spiro atoms. The van der Waals surface area contributed by atoms with Crippen LogP contribution in [0.4, 0.5) is 5.69 Å². The SMILES string of the molecule is CCN1C(=O)c2cc(Br)ccc2NC1S. The molecule has 1 unspecified atom stereocenters. The number of halogens is 1. The quantitative estimate of drug-likeness (QED) is 0.778. The Morgan fingerprint density at radius 1 is 1.60 bits per heavy atom. The molecule has 1 N–H and O–H groups in total. The molecule has 0 aromatic heterocycles. The number of thiol groups is 1. The molecule has 1 atom stereocenters. The first-order valence-corrected chi connectivity index (χ1v) is 5.99. The van der Waals surface area contributed by atoms with Gasteiger partial charge in [-0.2, -0.15) is 0 Å². The summed E-state index contributed by atoms with van der Waals surface area (Å²) in [7, 11) is 0. The lowest BCUT2D eigenvalue weighted by atomic mass is 10.1. The van der Waals surface area contributed by atoms with E-state index in [1.807, 2.05) is 25.1 Å². The van der Waals surface area contributed by atoms with Crippen LogP contribution in [-0.4, -0.2) is 22.8 Å². The molecule has 80 valence electrons. The van der Waals surface area contributed by atoms with E-state index in [2.05, 4.69) is 33.9 Å². The van der Waals surface area contributed by atoms with Gasteiger partial charge in [0.25, 0.3) is 5.91 Å². The average molecular weight is 287 g/mol. The molecule has 0 aliphatic carbocycles. The van der Waals surface area contributed by atoms with E-state index in [1.54, 1.807) is 4.90 Å². The van der Waals surface area contributed by atoms with Crippen LogP contribution in [0, 0.1) is 0 Å². The molecule has 0 radical (unpaired) electrons. The number of nitrogens with zero attached hydrogens (tertiary/aromatic N) is 1. The lowest BCUT2D eigenvalue weighted by Crippen LogP contribution is -2.45. The van der Waals surface area contributed by atoms with Gasteiger partial charge in [0, 0.05) is 16.7 Å². The number of hydrogen-bond acceptors (Lipinski definition) is 3. The highest BCUT2D eigenvalue weighted by molar-refractivity contribution is 9.10. The lowest BCUT2D eigenvalue weighted by molar-refractivity contribution is 0.0750. The highest BCUT2D eigenvalue weighted by Crippen LogP contribution is 2.28. The van der Waals surface area contributed by atoms with Gasteiger partial charge in [-0.3, -0.25) is 4.79 Å². The normalized spacial score (nSPS) is 19.8. The van der Waals surface area contributed by atoms with E-state index < -0.39 is 0 Å². The van der Waals surface area contributed by atoms with Crippen molar-refractivity contribution >= 4 is 40.2 Å². The minimum atomic E-state index is -0.240. The van der Waals surface area contributed by atoms with E-state index in [1.165, 1.54) is 0 Å². The number of fused-ring (bicyclic) bond motifs is 1. The van der Waals surface area contributed by atoms with Gasteiger partial charge in [-0.25, -0.2) is 0 Å². The van der Waals surface area contributed by atoms with E-state index in [0.717, 1.165) is 10.2 Å². The van der Waals surface area contributed by atoms with Gasteiger partial charge in [0.15, 0.2) is 0 Å². The number of amides is 1. The molecule has 2 rings (SSSR count). The van der Waals surface area contributed by atoms with Gasteiger partial charge in [0.05, 0.1) is 5.56 Å². The second kappa shape index (κ2) is 4.06. The predicted molar refractivity (Wildman–Crippen MR) is 67.2 cm³/mol. The maximum Gasteiger partial charge on any atom is 0.258 e. The Balaban J connectivity index is 2.47. The summed E-state index contributed by atoms with van der Waals surface area (Å²) in [6.45, 7) is 2.58. The topological polar surface area (TPSA) is 32.3 Å². The summed E-state index contributed by atoms with van der Waals surface area (Å²) in [6.07, 6.45) is 0. The molecule has 1 aliphatic heterocycles. The summed E-state index contributed by atoms with van der Waals surface area (Å²) in [5.41, 5.74) is 1.29. The van der Waals surface area contributed by atoms with E-state index in [4.69, 9.17) is 0 Å². The summed E-state index contributed by atoms with van der Waals surface area (Å²) in [5.74, 6) is 0.0209. The number of anilines is 1. The molecule has 15 heavy (non-hydrogen) atoms. The number of hydrogen-bond donors (Lipinski definition) is 2. The molecule has 5 heteroatoms.